The monoisotopic (exact) mass is 330 g/mol. The minimum absolute atomic E-state index is 0.0451. The molecule has 21 heavy (non-hydrogen) atoms. The fourth-order valence-electron chi connectivity index (χ4n) is 2.35. The largest absolute Gasteiger partial charge is 0.416 e. The van der Waals surface area contributed by atoms with E-state index in [1.165, 1.54) is 6.07 Å². The number of halogens is 4. The van der Waals surface area contributed by atoms with Gasteiger partial charge in [-0.25, -0.2) is 0 Å². The molecule has 0 saturated carbocycles. The van der Waals surface area contributed by atoms with E-state index in [2.05, 4.69) is 9.98 Å². The zero-order valence-electron chi connectivity index (χ0n) is 10.7. The van der Waals surface area contributed by atoms with Crippen LogP contribution < -0.4 is 0 Å². The van der Waals surface area contributed by atoms with Gasteiger partial charge in [-0.15, -0.1) is 11.8 Å². The molecule has 110 valence electrons. The van der Waals surface area contributed by atoms with Gasteiger partial charge in [0.05, 0.1) is 5.56 Å². The Morgan fingerprint density at radius 3 is 2.62 bits per heavy atom. The summed E-state index contributed by atoms with van der Waals surface area (Å²) in [7, 11) is 0. The molecular formula is C14H10ClF3N2S. The van der Waals surface area contributed by atoms with Crippen LogP contribution in [0.25, 0.3) is 0 Å². The topological polar surface area (TPSA) is 24.7 Å². The summed E-state index contributed by atoms with van der Waals surface area (Å²) in [6.45, 7) is 0.684. The molecule has 0 saturated heterocycles. The number of rotatable bonds is 2. The zero-order chi connectivity index (χ0) is 15.1. The molecule has 2 nitrogen and oxygen atoms in total. The maximum atomic E-state index is 12.7. The second-order valence-electron chi connectivity index (χ2n) is 4.63. The van der Waals surface area contributed by atoms with Crippen molar-refractivity contribution in [1.29, 1.82) is 0 Å². The summed E-state index contributed by atoms with van der Waals surface area (Å²) < 4.78 is 38.2. The maximum Gasteiger partial charge on any atom is 0.416 e. The number of benzene rings is 1. The SMILES string of the molecule is FC(F)(F)c1ccc(C2(C3=NCCS3)C=CC=N2)c(Cl)c1. The summed E-state index contributed by atoms with van der Waals surface area (Å²) >= 11 is 7.67. The smallest absolute Gasteiger partial charge is 0.279 e. The Morgan fingerprint density at radius 1 is 1.29 bits per heavy atom. The van der Waals surface area contributed by atoms with Gasteiger partial charge in [0.1, 0.15) is 5.04 Å². The fraction of sp³-hybridized carbons (Fsp3) is 0.286. The second-order valence-corrected chi connectivity index (χ2v) is 6.12. The first-order valence-electron chi connectivity index (χ1n) is 6.21. The Hall–Kier alpha value is -1.27. The Labute approximate surface area is 128 Å². The molecule has 0 radical (unpaired) electrons. The first-order chi connectivity index (χ1) is 9.93. The lowest BCUT2D eigenvalue weighted by Gasteiger charge is -2.26. The highest BCUT2D eigenvalue weighted by atomic mass is 35.5. The Morgan fingerprint density at radius 2 is 2.10 bits per heavy atom. The van der Waals surface area contributed by atoms with Gasteiger partial charge in [0.25, 0.3) is 0 Å². The fourth-order valence-corrected chi connectivity index (χ4v) is 3.69. The van der Waals surface area contributed by atoms with Crippen molar-refractivity contribution in [3.8, 4) is 0 Å². The Bertz CT molecular complexity index is 653. The number of aliphatic imine (C=N–C) groups is 2. The van der Waals surface area contributed by atoms with E-state index in [-0.39, 0.29) is 5.02 Å². The Kier molecular flexibility index (Phi) is 3.61. The minimum atomic E-state index is -4.41. The molecule has 0 bridgehead atoms. The number of hydrogen-bond acceptors (Lipinski definition) is 3. The van der Waals surface area contributed by atoms with Crippen molar-refractivity contribution in [2.75, 3.05) is 12.3 Å². The van der Waals surface area contributed by atoms with E-state index < -0.39 is 17.3 Å². The van der Waals surface area contributed by atoms with Crippen molar-refractivity contribution in [3.05, 3.63) is 46.5 Å². The number of allylic oxidation sites excluding steroid dienone is 1. The molecule has 0 aliphatic carbocycles. The van der Waals surface area contributed by atoms with Gasteiger partial charge in [0.2, 0.25) is 0 Å². The lowest BCUT2D eigenvalue weighted by Crippen LogP contribution is -2.28. The predicted octanol–water partition coefficient (Wildman–Crippen LogP) is 4.34. The average Bonchev–Trinajstić information content (AvgIpc) is 3.09. The predicted molar refractivity (Wildman–Crippen MR) is 80.5 cm³/mol. The van der Waals surface area contributed by atoms with Crippen LogP contribution in [0.1, 0.15) is 11.1 Å². The van der Waals surface area contributed by atoms with Crippen LogP contribution >= 0.6 is 23.4 Å². The van der Waals surface area contributed by atoms with Crippen LogP contribution in [-0.2, 0) is 11.7 Å². The number of nitrogens with zero attached hydrogens (tertiary/aromatic N) is 2. The second kappa shape index (κ2) is 5.18. The van der Waals surface area contributed by atoms with E-state index in [1.54, 1.807) is 24.1 Å². The van der Waals surface area contributed by atoms with Gasteiger partial charge in [-0.2, -0.15) is 13.2 Å². The van der Waals surface area contributed by atoms with Crippen molar-refractivity contribution in [1.82, 2.24) is 0 Å². The third kappa shape index (κ3) is 2.51. The van der Waals surface area contributed by atoms with Gasteiger partial charge in [-0.05, 0) is 24.3 Å². The highest BCUT2D eigenvalue weighted by Crippen LogP contribution is 2.42. The third-order valence-electron chi connectivity index (χ3n) is 3.32. The molecule has 0 N–H and O–H groups in total. The number of alkyl halides is 3. The van der Waals surface area contributed by atoms with Crippen LogP contribution in [0.2, 0.25) is 5.02 Å². The summed E-state index contributed by atoms with van der Waals surface area (Å²) in [5, 5.41) is 0.817. The van der Waals surface area contributed by atoms with Gasteiger partial charge in [0, 0.05) is 29.1 Å². The van der Waals surface area contributed by atoms with Crippen molar-refractivity contribution < 1.29 is 13.2 Å². The van der Waals surface area contributed by atoms with Crippen LogP contribution in [0, 0.1) is 0 Å². The summed E-state index contributed by atoms with van der Waals surface area (Å²) in [5.41, 5.74) is -1.11. The van der Waals surface area contributed by atoms with Gasteiger partial charge in [-0.3, -0.25) is 9.98 Å². The van der Waals surface area contributed by atoms with Crippen molar-refractivity contribution in [2.24, 2.45) is 9.98 Å². The first-order valence-corrected chi connectivity index (χ1v) is 7.58. The normalized spacial score (nSPS) is 24.7. The highest BCUT2D eigenvalue weighted by molar-refractivity contribution is 8.14. The molecule has 1 atom stereocenters. The van der Waals surface area contributed by atoms with Crippen LogP contribution in [-0.4, -0.2) is 23.6 Å². The summed E-state index contributed by atoms with van der Waals surface area (Å²) in [5.74, 6) is 0.846. The highest BCUT2D eigenvalue weighted by Gasteiger charge is 2.40. The molecule has 3 rings (SSSR count). The van der Waals surface area contributed by atoms with E-state index in [0.717, 1.165) is 22.9 Å². The molecule has 0 amide bonds. The van der Waals surface area contributed by atoms with E-state index in [4.69, 9.17) is 11.6 Å². The lowest BCUT2D eigenvalue weighted by atomic mass is 9.91. The van der Waals surface area contributed by atoms with Gasteiger partial charge in [0.15, 0.2) is 5.54 Å². The Balaban J connectivity index is 2.10. The summed E-state index contributed by atoms with van der Waals surface area (Å²) in [4.78, 5) is 8.83. The molecule has 2 aliphatic rings. The van der Waals surface area contributed by atoms with Crippen LogP contribution in [0.3, 0.4) is 0 Å². The van der Waals surface area contributed by atoms with Crippen LogP contribution in [0.15, 0.2) is 40.3 Å². The average molecular weight is 331 g/mol. The summed E-state index contributed by atoms with van der Waals surface area (Å²) in [6.07, 6.45) is 0.785. The molecule has 1 aromatic rings. The first kappa shape index (κ1) is 14.7. The standard InChI is InChI=1S/C14H10ClF3N2S/c15-11-8-9(14(16,17)18)2-3-10(11)13(4-1-5-20-13)12-19-6-7-21-12/h1-5,8H,6-7H2. The van der Waals surface area contributed by atoms with E-state index in [9.17, 15) is 13.2 Å². The minimum Gasteiger partial charge on any atom is -0.279 e. The van der Waals surface area contributed by atoms with Gasteiger partial charge in [-0.1, -0.05) is 17.7 Å². The van der Waals surface area contributed by atoms with Gasteiger partial charge < -0.3 is 0 Å². The number of thioether (sulfide) groups is 1. The summed E-state index contributed by atoms with van der Waals surface area (Å²) in [6, 6.07) is 3.37. The van der Waals surface area contributed by atoms with E-state index in [0.29, 0.717) is 12.1 Å². The lowest BCUT2D eigenvalue weighted by molar-refractivity contribution is -0.137. The van der Waals surface area contributed by atoms with Gasteiger partial charge >= 0.3 is 6.18 Å². The van der Waals surface area contributed by atoms with E-state index in [1.807, 2.05) is 6.08 Å². The molecule has 7 heteroatoms. The molecule has 0 spiro atoms. The molecule has 0 aromatic heterocycles. The van der Waals surface area contributed by atoms with Crippen LogP contribution in [0.4, 0.5) is 13.2 Å². The number of hydrogen-bond donors (Lipinski definition) is 0. The van der Waals surface area contributed by atoms with Crippen molar-refractivity contribution in [3.63, 3.8) is 0 Å². The molecule has 0 fully saturated rings. The van der Waals surface area contributed by atoms with Crippen molar-refractivity contribution >= 4 is 34.6 Å². The molecule has 1 unspecified atom stereocenters. The molecular weight excluding hydrogens is 321 g/mol. The molecule has 1 aromatic carbocycles. The van der Waals surface area contributed by atoms with E-state index >= 15 is 0 Å². The maximum absolute atomic E-state index is 12.7. The van der Waals surface area contributed by atoms with Crippen molar-refractivity contribution in [2.45, 2.75) is 11.7 Å². The third-order valence-corrected chi connectivity index (χ3v) is 4.73. The van der Waals surface area contributed by atoms with Crippen LogP contribution in [0.5, 0.6) is 0 Å². The molecule has 2 heterocycles. The zero-order valence-corrected chi connectivity index (χ0v) is 12.3. The molecule has 2 aliphatic heterocycles. The quantitative estimate of drug-likeness (QED) is 0.791.